The van der Waals surface area contributed by atoms with Gasteiger partial charge in [-0.2, -0.15) is 0 Å². The molecule has 29 heavy (non-hydrogen) atoms. The van der Waals surface area contributed by atoms with Crippen LogP contribution in [0.3, 0.4) is 0 Å². The first kappa shape index (κ1) is 18.1. The summed E-state index contributed by atoms with van der Waals surface area (Å²) in [4.78, 5) is 24.0. The Bertz CT molecular complexity index is 1120. The summed E-state index contributed by atoms with van der Waals surface area (Å²) in [5.74, 6) is 0.333. The van der Waals surface area contributed by atoms with E-state index < -0.39 is 11.9 Å². The molecule has 0 saturated carbocycles. The molecule has 0 aliphatic heterocycles. The summed E-state index contributed by atoms with van der Waals surface area (Å²) in [6, 6.07) is 24.3. The number of aromatic nitrogens is 2. The fraction of sp³-hybridized carbons (Fsp3) is 0. The summed E-state index contributed by atoms with van der Waals surface area (Å²) in [6.07, 6.45) is 0. The molecule has 0 unspecified atom stereocenters. The second-order valence-electron chi connectivity index (χ2n) is 6.13. The Labute approximate surface area is 166 Å². The number of benzene rings is 3. The van der Waals surface area contributed by atoms with Crippen molar-refractivity contribution in [2.75, 3.05) is 5.32 Å². The van der Waals surface area contributed by atoms with E-state index in [4.69, 9.17) is 4.42 Å². The van der Waals surface area contributed by atoms with E-state index >= 15 is 0 Å². The number of rotatable bonds is 4. The Morgan fingerprint density at radius 1 is 0.690 bits per heavy atom. The van der Waals surface area contributed by atoms with E-state index in [-0.39, 0.29) is 0 Å². The fourth-order valence-electron chi connectivity index (χ4n) is 2.66. The molecule has 7 nitrogen and oxygen atoms in total. The number of amides is 3. The lowest BCUT2D eigenvalue weighted by atomic mass is 10.2. The molecular weight excluding hydrogens is 368 g/mol. The van der Waals surface area contributed by atoms with Gasteiger partial charge in [-0.1, -0.05) is 36.4 Å². The molecule has 4 rings (SSSR count). The third-order valence-electron chi connectivity index (χ3n) is 4.10. The molecule has 2 N–H and O–H groups in total. The molecule has 1 heterocycles. The molecule has 0 atom stereocenters. The Hall–Kier alpha value is -4.26. The zero-order valence-corrected chi connectivity index (χ0v) is 15.2. The average molecular weight is 384 g/mol. The molecule has 0 saturated heterocycles. The number of hydrogen-bond acceptors (Lipinski definition) is 5. The number of anilines is 1. The molecule has 0 bridgehead atoms. The van der Waals surface area contributed by atoms with Crippen molar-refractivity contribution < 1.29 is 14.0 Å². The second kappa shape index (κ2) is 8.18. The average Bonchev–Trinajstić information content (AvgIpc) is 3.26. The van der Waals surface area contributed by atoms with Crippen LogP contribution in [0.2, 0.25) is 0 Å². The van der Waals surface area contributed by atoms with E-state index in [1.807, 2.05) is 30.3 Å². The highest BCUT2D eigenvalue weighted by Crippen LogP contribution is 2.24. The summed E-state index contributed by atoms with van der Waals surface area (Å²) >= 11 is 0. The van der Waals surface area contributed by atoms with Gasteiger partial charge in [0, 0.05) is 22.4 Å². The standard InChI is InChI=1S/C22H16N4O3/c27-19(15-7-3-1-4-8-15)24-22(28)23-18-13-11-17(12-14-18)21-26-25-20(29-21)16-9-5-2-6-10-16/h1-14H,(H2,23,24,27,28). The molecule has 1 aromatic heterocycles. The first-order chi connectivity index (χ1) is 14.2. The zero-order valence-electron chi connectivity index (χ0n) is 15.2. The molecule has 0 spiro atoms. The normalized spacial score (nSPS) is 10.3. The Morgan fingerprint density at radius 3 is 1.86 bits per heavy atom. The lowest BCUT2D eigenvalue weighted by Gasteiger charge is -2.07. The van der Waals surface area contributed by atoms with Crippen molar-refractivity contribution in [2.45, 2.75) is 0 Å². The lowest BCUT2D eigenvalue weighted by Crippen LogP contribution is -2.34. The van der Waals surface area contributed by atoms with E-state index in [0.29, 0.717) is 28.6 Å². The summed E-state index contributed by atoms with van der Waals surface area (Å²) in [5, 5.41) is 13.0. The SMILES string of the molecule is O=C(NC(=O)c1ccccc1)Nc1ccc(-c2nnc(-c3ccccc3)o2)cc1. The van der Waals surface area contributed by atoms with Gasteiger partial charge in [-0.15, -0.1) is 10.2 Å². The Balaban J connectivity index is 1.40. The highest BCUT2D eigenvalue weighted by atomic mass is 16.4. The summed E-state index contributed by atoms with van der Waals surface area (Å²) in [6.45, 7) is 0. The molecule has 0 radical (unpaired) electrons. The minimum atomic E-state index is -0.615. The van der Waals surface area contributed by atoms with Crippen molar-refractivity contribution in [3.8, 4) is 22.9 Å². The lowest BCUT2D eigenvalue weighted by molar-refractivity contribution is 0.0967. The molecule has 0 fully saturated rings. The quantitative estimate of drug-likeness (QED) is 0.545. The molecule has 3 aromatic carbocycles. The van der Waals surface area contributed by atoms with Gasteiger partial charge >= 0.3 is 6.03 Å². The molecule has 7 heteroatoms. The zero-order chi connectivity index (χ0) is 20.1. The first-order valence-electron chi connectivity index (χ1n) is 8.86. The van der Waals surface area contributed by atoms with Gasteiger partial charge in [0.15, 0.2) is 0 Å². The van der Waals surface area contributed by atoms with Crippen molar-refractivity contribution in [3.05, 3.63) is 90.5 Å². The Kier molecular flexibility index (Phi) is 5.11. The molecular formula is C22H16N4O3. The van der Waals surface area contributed by atoms with E-state index in [0.717, 1.165) is 5.56 Å². The van der Waals surface area contributed by atoms with Crippen LogP contribution in [-0.4, -0.2) is 22.1 Å². The highest BCUT2D eigenvalue weighted by molar-refractivity contribution is 6.07. The summed E-state index contributed by atoms with van der Waals surface area (Å²) in [5.41, 5.74) is 2.48. The maximum atomic E-state index is 12.0. The molecule has 142 valence electrons. The van der Waals surface area contributed by atoms with Crippen LogP contribution in [0.15, 0.2) is 89.3 Å². The van der Waals surface area contributed by atoms with Gasteiger partial charge in [-0.25, -0.2) is 4.79 Å². The molecule has 4 aromatic rings. The van der Waals surface area contributed by atoms with Gasteiger partial charge in [-0.05, 0) is 48.5 Å². The van der Waals surface area contributed by atoms with Gasteiger partial charge in [-0.3, -0.25) is 10.1 Å². The van der Waals surface area contributed by atoms with Crippen LogP contribution in [0.4, 0.5) is 10.5 Å². The second-order valence-corrected chi connectivity index (χ2v) is 6.13. The number of carbonyl (C=O) groups excluding carboxylic acids is 2. The predicted molar refractivity (Wildman–Crippen MR) is 108 cm³/mol. The van der Waals surface area contributed by atoms with E-state index in [1.165, 1.54) is 0 Å². The molecule has 0 aliphatic carbocycles. The van der Waals surface area contributed by atoms with Crippen LogP contribution < -0.4 is 10.6 Å². The van der Waals surface area contributed by atoms with Gasteiger partial charge in [0.2, 0.25) is 11.8 Å². The summed E-state index contributed by atoms with van der Waals surface area (Å²) < 4.78 is 5.71. The van der Waals surface area contributed by atoms with Crippen LogP contribution in [0.1, 0.15) is 10.4 Å². The number of nitrogens with one attached hydrogen (secondary N) is 2. The number of urea groups is 1. The van der Waals surface area contributed by atoms with Crippen LogP contribution >= 0.6 is 0 Å². The van der Waals surface area contributed by atoms with Gasteiger partial charge in [0.25, 0.3) is 5.91 Å². The third-order valence-corrected chi connectivity index (χ3v) is 4.10. The molecule has 0 aliphatic rings. The van der Waals surface area contributed by atoms with Crippen molar-refractivity contribution in [3.63, 3.8) is 0 Å². The van der Waals surface area contributed by atoms with Crippen molar-refractivity contribution in [2.24, 2.45) is 0 Å². The third kappa shape index (κ3) is 4.36. The number of nitrogens with zero attached hydrogens (tertiary/aromatic N) is 2. The van der Waals surface area contributed by atoms with Gasteiger partial charge < -0.3 is 9.73 Å². The monoisotopic (exact) mass is 384 g/mol. The minimum absolute atomic E-state index is 0.374. The number of hydrogen-bond donors (Lipinski definition) is 2. The largest absolute Gasteiger partial charge is 0.416 e. The van der Waals surface area contributed by atoms with E-state index in [1.54, 1.807) is 54.6 Å². The van der Waals surface area contributed by atoms with Crippen LogP contribution in [-0.2, 0) is 0 Å². The topological polar surface area (TPSA) is 97.1 Å². The molecule has 3 amide bonds. The number of imide groups is 1. The summed E-state index contributed by atoms with van der Waals surface area (Å²) in [7, 11) is 0. The van der Waals surface area contributed by atoms with E-state index in [2.05, 4.69) is 20.8 Å². The van der Waals surface area contributed by atoms with Crippen molar-refractivity contribution in [1.29, 1.82) is 0 Å². The maximum Gasteiger partial charge on any atom is 0.326 e. The van der Waals surface area contributed by atoms with Crippen LogP contribution in [0.25, 0.3) is 22.9 Å². The van der Waals surface area contributed by atoms with Crippen molar-refractivity contribution >= 4 is 17.6 Å². The smallest absolute Gasteiger partial charge is 0.326 e. The highest BCUT2D eigenvalue weighted by Gasteiger charge is 2.12. The van der Waals surface area contributed by atoms with Gasteiger partial charge in [0.05, 0.1) is 0 Å². The number of carbonyl (C=O) groups is 2. The van der Waals surface area contributed by atoms with E-state index in [9.17, 15) is 9.59 Å². The minimum Gasteiger partial charge on any atom is -0.416 e. The van der Waals surface area contributed by atoms with Crippen LogP contribution in [0.5, 0.6) is 0 Å². The fourth-order valence-corrected chi connectivity index (χ4v) is 2.66. The maximum absolute atomic E-state index is 12.0. The van der Waals surface area contributed by atoms with Crippen molar-refractivity contribution in [1.82, 2.24) is 15.5 Å². The van der Waals surface area contributed by atoms with Gasteiger partial charge in [0.1, 0.15) is 0 Å². The van der Waals surface area contributed by atoms with Crippen LogP contribution in [0, 0.1) is 0 Å². The Morgan fingerprint density at radius 2 is 1.24 bits per heavy atom. The predicted octanol–water partition coefficient (Wildman–Crippen LogP) is 4.37. The first-order valence-corrected chi connectivity index (χ1v) is 8.86.